The largest absolute Gasteiger partial charge is 0.465 e. The molecule has 1 fully saturated rings. The van der Waals surface area contributed by atoms with Gasteiger partial charge in [-0.25, -0.2) is 4.79 Å². The molecule has 0 unspecified atom stereocenters. The van der Waals surface area contributed by atoms with Crippen molar-refractivity contribution in [2.45, 2.75) is 19.4 Å². The standard InChI is InChI=1S/C10H14ClN3O5/c1-2-13-5-6(3-4-12-10(18)19)14(9(11)17)8(16)7(13)15/h6,12H,2-5H2,1H3,(H,18,19)/t6-/m0/s1. The number of nitrogens with one attached hydrogen (secondary N) is 1. The third kappa shape index (κ3) is 3.57. The lowest BCUT2D eigenvalue weighted by molar-refractivity contribution is -0.155. The lowest BCUT2D eigenvalue weighted by Gasteiger charge is -2.37. The van der Waals surface area contributed by atoms with E-state index in [4.69, 9.17) is 16.7 Å². The third-order valence-corrected chi connectivity index (χ3v) is 2.99. The molecular weight excluding hydrogens is 278 g/mol. The molecule has 1 heterocycles. The van der Waals surface area contributed by atoms with E-state index < -0.39 is 29.3 Å². The number of nitrogens with zero attached hydrogens (tertiary/aromatic N) is 2. The van der Waals surface area contributed by atoms with E-state index in [0.717, 1.165) is 0 Å². The summed E-state index contributed by atoms with van der Waals surface area (Å²) in [5.74, 6) is -1.76. The number of rotatable bonds is 4. The van der Waals surface area contributed by atoms with Crippen molar-refractivity contribution in [1.29, 1.82) is 0 Å². The molecule has 9 heteroatoms. The SMILES string of the molecule is CCN1C[C@H](CCNC(=O)O)N(C(=O)Cl)C(=O)C1=O. The average Bonchev–Trinajstić information content (AvgIpc) is 2.32. The maximum atomic E-state index is 11.7. The van der Waals surface area contributed by atoms with E-state index in [0.29, 0.717) is 11.4 Å². The summed E-state index contributed by atoms with van der Waals surface area (Å²) in [6.45, 7) is 2.24. The third-order valence-electron chi connectivity index (χ3n) is 2.81. The van der Waals surface area contributed by atoms with E-state index in [-0.39, 0.29) is 19.5 Å². The lowest BCUT2D eigenvalue weighted by atomic mass is 10.1. The first-order valence-electron chi connectivity index (χ1n) is 5.67. The Balaban J connectivity index is 2.78. The van der Waals surface area contributed by atoms with E-state index in [1.807, 2.05) is 0 Å². The number of carbonyl (C=O) groups excluding carboxylic acids is 3. The number of likely N-dealkylation sites (N-methyl/N-ethyl adjacent to an activating group) is 1. The van der Waals surface area contributed by atoms with Crippen LogP contribution in [0.4, 0.5) is 9.59 Å². The van der Waals surface area contributed by atoms with Crippen molar-refractivity contribution < 1.29 is 24.3 Å². The van der Waals surface area contributed by atoms with Crippen LogP contribution in [0, 0.1) is 0 Å². The van der Waals surface area contributed by atoms with Crippen LogP contribution in [0.5, 0.6) is 0 Å². The summed E-state index contributed by atoms with van der Waals surface area (Å²) in [5, 5.41) is 9.56. The Morgan fingerprint density at radius 3 is 2.53 bits per heavy atom. The molecule has 1 rings (SSSR count). The van der Waals surface area contributed by atoms with Crippen molar-refractivity contribution in [3.05, 3.63) is 0 Å². The summed E-state index contributed by atoms with van der Waals surface area (Å²) in [6, 6.07) is -0.623. The number of piperazine rings is 1. The van der Waals surface area contributed by atoms with Crippen LogP contribution in [0.3, 0.4) is 0 Å². The van der Waals surface area contributed by atoms with Crippen LogP contribution < -0.4 is 5.32 Å². The van der Waals surface area contributed by atoms with Gasteiger partial charge in [0, 0.05) is 19.6 Å². The Morgan fingerprint density at radius 2 is 2.05 bits per heavy atom. The summed E-state index contributed by atoms with van der Waals surface area (Å²) >= 11 is 5.30. The van der Waals surface area contributed by atoms with Crippen molar-refractivity contribution in [3.63, 3.8) is 0 Å². The Bertz CT molecular complexity index is 414. The fourth-order valence-corrected chi connectivity index (χ4v) is 2.10. The molecule has 0 spiro atoms. The van der Waals surface area contributed by atoms with Crippen molar-refractivity contribution in [3.8, 4) is 0 Å². The van der Waals surface area contributed by atoms with Crippen molar-refractivity contribution in [2.24, 2.45) is 0 Å². The number of amides is 4. The Morgan fingerprint density at radius 1 is 1.42 bits per heavy atom. The van der Waals surface area contributed by atoms with E-state index in [1.54, 1.807) is 6.92 Å². The van der Waals surface area contributed by atoms with Gasteiger partial charge in [0.15, 0.2) is 0 Å². The highest BCUT2D eigenvalue weighted by molar-refractivity contribution is 6.65. The van der Waals surface area contributed by atoms with Gasteiger partial charge < -0.3 is 15.3 Å². The number of carbonyl (C=O) groups is 4. The molecule has 1 saturated heterocycles. The van der Waals surface area contributed by atoms with Crippen LogP contribution in [0.1, 0.15) is 13.3 Å². The quantitative estimate of drug-likeness (QED) is 0.433. The first-order chi connectivity index (χ1) is 8.88. The molecule has 0 aliphatic carbocycles. The Hall–Kier alpha value is -1.83. The van der Waals surface area contributed by atoms with E-state index in [9.17, 15) is 19.2 Å². The molecule has 0 aromatic carbocycles. The second-order valence-electron chi connectivity index (χ2n) is 3.95. The van der Waals surface area contributed by atoms with Crippen molar-refractivity contribution in [1.82, 2.24) is 15.1 Å². The van der Waals surface area contributed by atoms with Gasteiger partial charge in [-0.15, -0.1) is 0 Å². The van der Waals surface area contributed by atoms with Gasteiger partial charge in [-0.05, 0) is 24.9 Å². The van der Waals surface area contributed by atoms with Crippen LogP contribution in [-0.4, -0.2) is 63.9 Å². The van der Waals surface area contributed by atoms with E-state index in [1.165, 1.54) is 4.90 Å². The monoisotopic (exact) mass is 291 g/mol. The van der Waals surface area contributed by atoms with Crippen LogP contribution in [0.15, 0.2) is 0 Å². The smallest absolute Gasteiger partial charge is 0.404 e. The number of hydrogen-bond donors (Lipinski definition) is 2. The van der Waals surface area contributed by atoms with Gasteiger partial charge in [-0.1, -0.05) is 0 Å². The van der Waals surface area contributed by atoms with E-state index >= 15 is 0 Å². The fourth-order valence-electron chi connectivity index (χ4n) is 1.89. The zero-order chi connectivity index (χ0) is 14.6. The lowest BCUT2D eigenvalue weighted by Crippen LogP contribution is -2.60. The van der Waals surface area contributed by atoms with Gasteiger partial charge in [0.25, 0.3) is 0 Å². The van der Waals surface area contributed by atoms with Gasteiger partial charge in [-0.2, -0.15) is 0 Å². The highest BCUT2D eigenvalue weighted by Gasteiger charge is 2.41. The van der Waals surface area contributed by atoms with Gasteiger partial charge in [0.05, 0.1) is 6.04 Å². The Labute approximate surface area is 114 Å². The number of hydrogen-bond acceptors (Lipinski definition) is 4. The average molecular weight is 292 g/mol. The second-order valence-corrected chi connectivity index (χ2v) is 4.27. The molecule has 1 aliphatic rings. The minimum absolute atomic E-state index is 0.0553. The summed E-state index contributed by atoms with van der Waals surface area (Å²) in [6.07, 6.45) is -1.00. The first-order valence-corrected chi connectivity index (χ1v) is 6.05. The van der Waals surface area contributed by atoms with Gasteiger partial charge in [0.1, 0.15) is 0 Å². The molecule has 106 valence electrons. The van der Waals surface area contributed by atoms with E-state index in [2.05, 4.69) is 5.32 Å². The van der Waals surface area contributed by atoms with Gasteiger partial charge >= 0.3 is 23.3 Å². The van der Waals surface area contributed by atoms with Crippen LogP contribution in [0.2, 0.25) is 0 Å². The molecule has 0 aromatic rings. The van der Waals surface area contributed by atoms with Crippen LogP contribution in [0.25, 0.3) is 0 Å². The predicted octanol–water partition coefficient (Wildman–Crippen LogP) is 0.0622. The highest BCUT2D eigenvalue weighted by atomic mass is 35.5. The molecule has 8 nitrogen and oxygen atoms in total. The highest BCUT2D eigenvalue weighted by Crippen LogP contribution is 2.17. The van der Waals surface area contributed by atoms with Crippen molar-refractivity contribution >= 4 is 34.9 Å². The van der Waals surface area contributed by atoms with Crippen LogP contribution >= 0.6 is 11.6 Å². The fraction of sp³-hybridized carbons (Fsp3) is 0.600. The zero-order valence-electron chi connectivity index (χ0n) is 10.3. The summed E-state index contributed by atoms with van der Waals surface area (Å²) in [4.78, 5) is 46.9. The van der Waals surface area contributed by atoms with Crippen molar-refractivity contribution in [2.75, 3.05) is 19.6 Å². The van der Waals surface area contributed by atoms with Crippen LogP contribution in [-0.2, 0) is 9.59 Å². The maximum Gasteiger partial charge on any atom is 0.404 e. The predicted molar refractivity (Wildman–Crippen MR) is 64.8 cm³/mol. The molecule has 2 N–H and O–H groups in total. The first kappa shape index (κ1) is 15.2. The summed E-state index contributed by atoms with van der Waals surface area (Å²) in [5.41, 5.74) is 0. The van der Waals surface area contributed by atoms with Gasteiger partial charge in [0.2, 0.25) is 0 Å². The molecule has 1 atom stereocenters. The summed E-state index contributed by atoms with van der Waals surface area (Å²) in [7, 11) is 0. The molecule has 0 saturated carbocycles. The minimum Gasteiger partial charge on any atom is -0.465 e. The topological polar surface area (TPSA) is 107 Å². The molecule has 4 amide bonds. The normalized spacial score (nSPS) is 19.6. The molecule has 0 radical (unpaired) electrons. The van der Waals surface area contributed by atoms with Gasteiger partial charge in [-0.3, -0.25) is 19.3 Å². The molecule has 0 bridgehead atoms. The molecule has 0 aromatic heterocycles. The number of halogens is 1. The Kier molecular flexibility index (Phi) is 5.11. The second kappa shape index (κ2) is 6.37. The minimum atomic E-state index is -1.20. The number of carboxylic acid groups (broad SMARTS) is 1. The maximum absolute atomic E-state index is 11.7. The molecule has 19 heavy (non-hydrogen) atoms. The summed E-state index contributed by atoms with van der Waals surface area (Å²) < 4.78 is 0. The molecule has 1 aliphatic heterocycles. The number of imide groups is 1. The molecular formula is C10H14ClN3O5. The zero-order valence-corrected chi connectivity index (χ0v) is 11.0.